The minimum atomic E-state index is 0.645. The second kappa shape index (κ2) is 36.1. The van der Waals surface area contributed by atoms with Crippen LogP contribution in [0.4, 0.5) is 0 Å². The Morgan fingerprint density at radius 2 is 0.650 bits per heavy atom. The summed E-state index contributed by atoms with van der Waals surface area (Å²) < 4.78 is 0. The van der Waals surface area contributed by atoms with Crippen molar-refractivity contribution in [1.29, 1.82) is 0 Å². The van der Waals surface area contributed by atoms with E-state index in [0.29, 0.717) is 5.92 Å². The fraction of sp³-hybridized carbons (Fsp3) is 0.385. The van der Waals surface area contributed by atoms with E-state index in [4.69, 9.17) is 0 Å². The van der Waals surface area contributed by atoms with Crippen LogP contribution in [-0.4, -0.2) is 0 Å². The van der Waals surface area contributed by atoms with Gasteiger partial charge in [0.25, 0.3) is 0 Å². The number of fused-ring (bicyclic) bond motifs is 8. The van der Waals surface area contributed by atoms with E-state index in [9.17, 15) is 0 Å². The molecule has 8 aromatic carbocycles. The van der Waals surface area contributed by atoms with Crippen LogP contribution in [0, 0.1) is 43.4 Å². The van der Waals surface area contributed by atoms with Crippen LogP contribution in [0.15, 0.2) is 243 Å². The second-order valence-corrected chi connectivity index (χ2v) is 37.5. The van der Waals surface area contributed by atoms with Crippen LogP contribution in [0.25, 0.3) is 44.6 Å². The number of rotatable bonds is 16. The molecule has 12 aliphatic carbocycles. The highest BCUT2D eigenvalue weighted by molar-refractivity contribution is 5.95. The first-order valence-electron chi connectivity index (χ1n) is 46.5. The van der Waals surface area contributed by atoms with Gasteiger partial charge < -0.3 is 0 Å². The van der Waals surface area contributed by atoms with Crippen molar-refractivity contribution in [3.05, 3.63) is 376 Å². The monoisotopic (exact) mass is 1540 g/mol. The van der Waals surface area contributed by atoms with Crippen LogP contribution in [0.3, 0.4) is 0 Å². The number of benzene rings is 8. The Kier molecular flexibility index (Phi) is 24.7. The third-order valence-electron chi connectivity index (χ3n) is 30.2. The summed E-state index contributed by atoms with van der Waals surface area (Å²) in [5.74, 6) is 5.15. The molecular weight excluding hydrogens is 1410 g/mol. The molecule has 0 saturated heterocycles. The first-order chi connectivity index (χ1) is 57.2. The highest BCUT2D eigenvalue weighted by atomic mass is 14.4. The topological polar surface area (TPSA) is 0 Å². The minimum absolute atomic E-state index is 0.645. The van der Waals surface area contributed by atoms with Crippen molar-refractivity contribution in [3.8, 4) is 0 Å². The van der Waals surface area contributed by atoms with Crippen molar-refractivity contribution in [3.63, 3.8) is 0 Å². The number of aryl methyl sites for hydroxylation is 4. The maximum atomic E-state index is 4.55. The van der Waals surface area contributed by atoms with Crippen LogP contribution >= 0.6 is 0 Å². The van der Waals surface area contributed by atoms with Crippen molar-refractivity contribution in [2.75, 3.05) is 0 Å². The SMILES string of the molecule is C=C1/C(=C/C2=CCc3ccccc32)Cc2c1ccc(C)c2CC1CCCCC1.C=C1/C(=C/C2=CCc3ccccc32)Cc2c1ccc(C)c2CC1CCCCC1.C=C1/C(=C/C2=CCc3ccccc32)Cc2c1ccc(CC)c2C(C)CC1CCCCC1.C=C1/C(=C/C2=CCc3ccccc32)Cc2c1ccc(CC)c2CC1CCC(CC)C1. The van der Waals surface area contributed by atoms with Gasteiger partial charge in [-0.1, -0.05) is 357 Å². The summed E-state index contributed by atoms with van der Waals surface area (Å²) >= 11 is 0. The zero-order valence-electron chi connectivity index (χ0n) is 72.1. The van der Waals surface area contributed by atoms with E-state index < -0.39 is 0 Å². The van der Waals surface area contributed by atoms with E-state index in [1.807, 2.05) is 0 Å². The first-order valence-corrected chi connectivity index (χ1v) is 46.5. The summed E-state index contributed by atoms with van der Waals surface area (Å²) in [6.45, 7) is 32.2. The summed E-state index contributed by atoms with van der Waals surface area (Å²) in [5, 5.41) is 0. The number of hydrogen-bond donors (Lipinski definition) is 0. The van der Waals surface area contributed by atoms with Gasteiger partial charge in [0.2, 0.25) is 0 Å². The molecule has 12 aliphatic rings. The molecule has 4 saturated carbocycles. The Balaban J connectivity index is 0.000000112. The van der Waals surface area contributed by atoms with Crippen LogP contribution in [0.2, 0.25) is 0 Å². The normalized spacial score (nSPS) is 21.3. The first kappa shape index (κ1) is 80.1. The molecule has 8 aromatic rings. The Morgan fingerprint density at radius 3 is 1.03 bits per heavy atom. The lowest BCUT2D eigenvalue weighted by atomic mass is 9.78. The lowest BCUT2D eigenvalue weighted by Gasteiger charge is -2.27. The molecule has 3 atom stereocenters. The van der Waals surface area contributed by atoms with Gasteiger partial charge >= 0.3 is 0 Å². The third kappa shape index (κ3) is 17.1. The lowest BCUT2D eigenvalue weighted by Crippen LogP contribution is -2.12. The molecule has 0 aromatic heterocycles. The summed E-state index contributed by atoms with van der Waals surface area (Å²) in [7, 11) is 0. The summed E-state index contributed by atoms with van der Waals surface area (Å²) in [6, 6.07) is 54.1. The molecule has 3 unspecified atom stereocenters. The van der Waals surface area contributed by atoms with Crippen LogP contribution in [0.5, 0.6) is 0 Å². The average Bonchev–Trinajstić information content (AvgIpc) is 1.64. The van der Waals surface area contributed by atoms with Crippen LogP contribution < -0.4 is 0 Å². The van der Waals surface area contributed by atoms with E-state index in [-0.39, 0.29) is 0 Å². The molecule has 20 rings (SSSR count). The van der Waals surface area contributed by atoms with Crippen LogP contribution in [0.1, 0.15) is 296 Å². The van der Waals surface area contributed by atoms with Gasteiger partial charge in [-0.25, -0.2) is 0 Å². The standard InChI is InChI=1S/C31H36.C30H34.2C28H30/c1-4-24-16-17-28-22(3)27(19-26-15-14-25-12-8-9-13-29(25)26)20-30(28)31(24)21(2)18-23-10-6-5-7-11-23;1-4-21-10-11-22(16-21)17-29-23(5-2)14-15-27-20(3)26(19-30(27)29)18-25-13-12-24-8-6-7-9-28(24)25;2*1-19-12-15-25-20(2)24(17-23-14-13-22-10-6-7-11-26(22)23)18-28(25)27(19)16-21-8-4-3-5-9-21/h8-9,12-13,15-17,19,21,23H,3-7,10-11,14,18,20H2,1-2H3;6-9,13-15,18,21-22H,3-5,10-12,16-17,19H2,1-2H3;2*6-7,10-12,14-15,17,21H,2-5,8-9,13,16,18H2,1H3/b27-19+;26-18+;2*24-17+. The summed E-state index contributed by atoms with van der Waals surface area (Å²) in [4.78, 5) is 0. The van der Waals surface area contributed by atoms with Gasteiger partial charge in [0.05, 0.1) is 0 Å². The Bertz CT molecular complexity index is 5270. The molecule has 4 fully saturated rings. The molecule has 0 bridgehead atoms. The summed E-state index contributed by atoms with van der Waals surface area (Å²) in [6.07, 6.45) is 62.1. The molecule has 0 aliphatic heterocycles. The van der Waals surface area contributed by atoms with E-state index in [2.05, 4.69) is 262 Å². The molecule has 0 amide bonds. The average molecular weight is 1540 g/mol. The molecule has 0 nitrogen and oxygen atoms in total. The number of hydrogen-bond acceptors (Lipinski definition) is 0. The predicted molar refractivity (Wildman–Crippen MR) is 505 cm³/mol. The maximum absolute atomic E-state index is 4.55. The summed E-state index contributed by atoms with van der Waals surface area (Å²) in [5.41, 5.74) is 52.1. The quantitative estimate of drug-likeness (QED) is 0.0904. The van der Waals surface area contributed by atoms with Gasteiger partial charge in [0, 0.05) is 0 Å². The predicted octanol–water partition coefficient (Wildman–Crippen LogP) is 30.7. The Labute approximate surface area is 705 Å². The van der Waals surface area contributed by atoms with Crippen LogP contribution in [-0.2, 0) is 83.5 Å². The Hall–Kier alpha value is -9.36. The minimum Gasteiger partial charge on any atom is -0.0909 e. The van der Waals surface area contributed by atoms with Gasteiger partial charge in [-0.05, 0) is 352 Å². The maximum Gasteiger partial charge on any atom is -0.00105 e. The number of allylic oxidation sites excluding steroid dienone is 20. The molecule has 598 valence electrons. The lowest BCUT2D eigenvalue weighted by molar-refractivity contribution is 0.322. The fourth-order valence-corrected chi connectivity index (χ4v) is 23.5. The van der Waals surface area contributed by atoms with E-state index in [1.165, 1.54) is 292 Å². The van der Waals surface area contributed by atoms with E-state index in [1.54, 1.807) is 55.6 Å². The van der Waals surface area contributed by atoms with E-state index >= 15 is 0 Å². The molecule has 0 N–H and O–H groups in total. The fourth-order valence-electron chi connectivity index (χ4n) is 23.5. The van der Waals surface area contributed by atoms with Crippen molar-refractivity contribution in [1.82, 2.24) is 0 Å². The zero-order valence-corrected chi connectivity index (χ0v) is 72.1. The van der Waals surface area contributed by atoms with E-state index in [0.717, 1.165) is 93.8 Å². The highest BCUT2D eigenvalue weighted by Gasteiger charge is 2.34. The molecule has 0 heteroatoms. The molecular formula is C117H130. The highest BCUT2D eigenvalue weighted by Crippen LogP contribution is 2.50. The van der Waals surface area contributed by atoms with Gasteiger partial charge in [-0.2, -0.15) is 0 Å². The zero-order chi connectivity index (χ0) is 80.2. The van der Waals surface area contributed by atoms with Crippen molar-refractivity contribution < 1.29 is 0 Å². The van der Waals surface area contributed by atoms with Gasteiger partial charge in [-0.15, -0.1) is 0 Å². The van der Waals surface area contributed by atoms with Gasteiger partial charge in [0.1, 0.15) is 0 Å². The van der Waals surface area contributed by atoms with Crippen molar-refractivity contribution in [2.24, 2.45) is 29.6 Å². The molecule has 0 spiro atoms. The Morgan fingerprint density at radius 1 is 0.325 bits per heavy atom. The molecule has 117 heavy (non-hydrogen) atoms. The smallest absolute Gasteiger partial charge is 0.00105 e. The van der Waals surface area contributed by atoms with Gasteiger partial charge in [0.15, 0.2) is 0 Å². The van der Waals surface area contributed by atoms with Crippen molar-refractivity contribution >= 4 is 44.6 Å². The molecule has 0 heterocycles. The second-order valence-electron chi connectivity index (χ2n) is 37.5. The largest absolute Gasteiger partial charge is 0.0909 e. The van der Waals surface area contributed by atoms with Gasteiger partial charge in [-0.3, -0.25) is 0 Å². The molecule has 0 radical (unpaired) electrons. The van der Waals surface area contributed by atoms with Crippen molar-refractivity contribution in [2.45, 2.75) is 259 Å². The third-order valence-corrected chi connectivity index (χ3v) is 30.2.